The summed E-state index contributed by atoms with van der Waals surface area (Å²) in [5.41, 5.74) is 6.04. The first kappa shape index (κ1) is 15.0. The molecule has 1 fully saturated rings. The number of rotatable bonds is 9. The Morgan fingerprint density at radius 1 is 1.18 bits per heavy atom. The molecule has 0 radical (unpaired) electrons. The highest BCUT2D eigenvalue weighted by molar-refractivity contribution is 4.91. The van der Waals surface area contributed by atoms with Gasteiger partial charge in [-0.3, -0.25) is 4.90 Å². The van der Waals surface area contributed by atoms with Crippen LogP contribution in [0, 0.1) is 11.8 Å². The zero-order valence-electron chi connectivity index (χ0n) is 12.3. The summed E-state index contributed by atoms with van der Waals surface area (Å²) in [6.45, 7) is 11.4. The standard InChI is InChI=1S/C15H32N2/c1-5-6-13(4)15(11-16)17(14-7-8-14)10-9-12(2)3/h12-15H,5-11,16H2,1-4H3. The molecule has 0 aromatic heterocycles. The number of hydrogen-bond acceptors (Lipinski definition) is 2. The van der Waals surface area contributed by atoms with Gasteiger partial charge in [0.1, 0.15) is 0 Å². The van der Waals surface area contributed by atoms with E-state index in [1.54, 1.807) is 0 Å². The van der Waals surface area contributed by atoms with Crippen molar-refractivity contribution in [3.8, 4) is 0 Å². The van der Waals surface area contributed by atoms with E-state index in [0.717, 1.165) is 24.4 Å². The van der Waals surface area contributed by atoms with Crippen LogP contribution < -0.4 is 5.73 Å². The van der Waals surface area contributed by atoms with Gasteiger partial charge in [0, 0.05) is 18.6 Å². The SMILES string of the molecule is CCCC(C)C(CN)N(CCC(C)C)C1CC1. The maximum Gasteiger partial charge on any atom is 0.0246 e. The van der Waals surface area contributed by atoms with Gasteiger partial charge in [-0.1, -0.05) is 34.1 Å². The van der Waals surface area contributed by atoms with E-state index >= 15 is 0 Å². The molecule has 2 unspecified atom stereocenters. The van der Waals surface area contributed by atoms with Crippen LogP contribution >= 0.6 is 0 Å². The zero-order chi connectivity index (χ0) is 12.8. The summed E-state index contributed by atoms with van der Waals surface area (Å²) in [7, 11) is 0. The molecular weight excluding hydrogens is 208 g/mol. The van der Waals surface area contributed by atoms with E-state index in [0.29, 0.717) is 6.04 Å². The fourth-order valence-corrected chi connectivity index (χ4v) is 2.77. The van der Waals surface area contributed by atoms with E-state index < -0.39 is 0 Å². The minimum atomic E-state index is 0.612. The van der Waals surface area contributed by atoms with E-state index in [9.17, 15) is 0 Å². The van der Waals surface area contributed by atoms with Crippen molar-refractivity contribution in [1.82, 2.24) is 4.90 Å². The van der Waals surface area contributed by atoms with Crippen LogP contribution in [0.5, 0.6) is 0 Å². The molecule has 0 amide bonds. The van der Waals surface area contributed by atoms with Crippen LogP contribution in [0.25, 0.3) is 0 Å². The monoisotopic (exact) mass is 240 g/mol. The smallest absolute Gasteiger partial charge is 0.0246 e. The van der Waals surface area contributed by atoms with Crippen LogP contribution in [-0.2, 0) is 0 Å². The highest BCUT2D eigenvalue weighted by Crippen LogP contribution is 2.31. The van der Waals surface area contributed by atoms with Crippen molar-refractivity contribution in [1.29, 1.82) is 0 Å². The lowest BCUT2D eigenvalue weighted by atomic mass is 9.94. The molecule has 17 heavy (non-hydrogen) atoms. The predicted molar refractivity (Wildman–Crippen MR) is 76.1 cm³/mol. The van der Waals surface area contributed by atoms with Crippen LogP contribution in [-0.4, -0.2) is 30.1 Å². The Morgan fingerprint density at radius 2 is 1.82 bits per heavy atom. The van der Waals surface area contributed by atoms with E-state index in [-0.39, 0.29) is 0 Å². The third-order valence-corrected chi connectivity index (χ3v) is 4.05. The first-order valence-electron chi connectivity index (χ1n) is 7.55. The van der Waals surface area contributed by atoms with Gasteiger partial charge in [-0.05, 0) is 44.1 Å². The number of nitrogens with zero attached hydrogens (tertiary/aromatic N) is 1. The second kappa shape index (κ2) is 7.38. The Kier molecular flexibility index (Phi) is 6.50. The van der Waals surface area contributed by atoms with Gasteiger partial charge in [0.25, 0.3) is 0 Å². The fourth-order valence-electron chi connectivity index (χ4n) is 2.77. The van der Waals surface area contributed by atoms with E-state index in [1.165, 1.54) is 38.6 Å². The van der Waals surface area contributed by atoms with Crippen molar-refractivity contribution < 1.29 is 0 Å². The minimum absolute atomic E-state index is 0.612. The van der Waals surface area contributed by atoms with Gasteiger partial charge < -0.3 is 5.73 Å². The Bertz CT molecular complexity index is 199. The summed E-state index contributed by atoms with van der Waals surface area (Å²) in [6, 6.07) is 1.46. The number of hydrogen-bond donors (Lipinski definition) is 1. The molecule has 2 N–H and O–H groups in total. The molecule has 0 bridgehead atoms. The first-order valence-corrected chi connectivity index (χ1v) is 7.55. The molecule has 0 aromatic rings. The summed E-state index contributed by atoms with van der Waals surface area (Å²) in [5, 5.41) is 0. The van der Waals surface area contributed by atoms with Crippen molar-refractivity contribution in [3.05, 3.63) is 0 Å². The lowest BCUT2D eigenvalue weighted by molar-refractivity contribution is 0.131. The summed E-state index contributed by atoms with van der Waals surface area (Å²) in [5.74, 6) is 1.55. The van der Waals surface area contributed by atoms with Crippen LogP contribution in [0.3, 0.4) is 0 Å². The molecule has 2 heteroatoms. The second-order valence-corrected chi connectivity index (χ2v) is 6.22. The molecule has 1 saturated carbocycles. The first-order chi connectivity index (χ1) is 8.10. The van der Waals surface area contributed by atoms with Gasteiger partial charge in [-0.15, -0.1) is 0 Å². The van der Waals surface area contributed by atoms with Gasteiger partial charge in [-0.25, -0.2) is 0 Å². The fraction of sp³-hybridized carbons (Fsp3) is 1.00. The Hall–Kier alpha value is -0.0800. The topological polar surface area (TPSA) is 29.3 Å². The third-order valence-electron chi connectivity index (χ3n) is 4.05. The molecular formula is C15H32N2. The molecule has 0 aromatic carbocycles. The van der Waals surface area contributed by atoms with Crippen LogP contribution in [0.4, 0.5) is 0 Å². The quantitative estimate of drug-likeness (QED) is 0.670. The average molecular weight is 240 g/mol. The summed E-state index contributed by atoms with van der Waals surface area (Å²) >= 11 is 0. The summed E-state index contributed by atoms with van der Waals surface area (Å²) < 4.78 is 0. The van der Waals surface area contributed by atoms with Crippen molar-refractivity contribution in [2.75, 3.05) is 13.1 Å². The predicted octanol–water partition coefficient (Wildman–Crippen LogP) is 3.26. The van der Waals surface area contributed by atoms with Crippen molar-refractivity contribution >= 4 is 0 Å². The lowest BCUT2D eigenvalue weighted by Crippen LogP contribution is -2.46. The Morgan fingerprint density at radius 3 is 2.24 bits per heavy atom. The van der Waals surface area contributed by atoms with Crippen LogP contribution in [0.2, 0.25) is 0 Å². The average Bonchev–Trinajstić information content (AvgIpc) is 3.07. The number of nitrogens with two attached hydrogens (primary N) is 1. The molecule has 2 atom stereocenters. The molecule has 102 valence electrons. The normalized spacial score (nSPS) is 19.9. The van der Waals surface area contributed by atoms with Gasteiger partial charge in [-0.2, -0.15) is 0 Å². The Labute approximate surface area is 108 Å². The molecule has 0 heterocycles. The highest BCUT2D eigenvalue weighted by Gasteiger charge is 2.34. The maximum atomic E-state index is 6.04. The second-order valence-electron chi connectivity index (χ2n) is 6.22. The van der Waals surface area contributed by atoms with Crippen LogP contribution in [0.1, 0.15) is 59.8 Å². The van der Waals surface area contributed by atoms with Crippen molar-refractivity contribution in [2.24, 2.45) is 17.6 Å². The largest absolute Gasteiger partial charge is 0.329 e. The molecule has 1 aliphatic rings. The maximum absolute atomic E-state index is 6.04. The highest BCUT2D eigenvalue weighted by atomic mass is 15.2. The molecule has 2 nitrogen and oxygen atoms in total. The lowest BCUT2D eigenvalue weighted by Gasteiger charge is -2.35. The van der Waals surface area contributed by atoms with Gasteiger partial charge in [0.05, 0.1) is 0 Å². The molecule has 0 spiro atoms. The third kappa shape index (κ3) is 4.97. The zero-order valence-corrected chi connectivity index (χ0v) is 12.3. The van der Waals surface area contributed by atoms with E-state index in [2.05, 4.69) is 32.6 Å². The minimum Gasteiger partial charge on any atom is -0.329 e. The molecule has 0 aliphatic heterocycles. The van der Waals surface area contributed by atoms with Crippen LogP contribution in [0.15, 0.2) is 0 Å². The van der Waals surface area contributed by atoms with Crippen molar-refractivity contribution in [3.63, 3.8) is 0 Å². The van der Waals surface area contributed by atoms with Gasteiger partial charge in [0.2, 0.25) is 0 Å². The van der Waals surface area contributed by atoms with E-state index in [4.69, 9.17) is 5.73 Å². The van der Waals surface area contributed by atoms with E-state index in [1.807, 2.05) is 0 Å². The van der Waals surface area contributed by atoms with Gasteiger partial charge in [0.15, 0.2) is 0 Å². The van der Waals surface area contributed by atoms with Crippen molar-refractivity contribution in [2.45, 2.75) is 71.9 Å². The Balaban J connectivity index is 2.52. The summed E-state index contributed by atoms with van der Waals surface area (Å²) in [4.78, 5) is 2.72. The molecule has 1 rings (SSSR count). The van der Waals surface area contributed by atoms with Gasteiger partial charge >= 0.3 is 0 Å². The molecule has 0 saturated heterocycles. The molecule has 1 aliphatic carbocycles. The summed E-state index contributed by atoms with van der Waals surface area (Å²) in [6.07, 6.45) is 6.69.